The SMILES string of the molecule is CCCCOc1cc(/C(C)=N/OC(=O)Oc2ccccc2)ccc1OC. The Labute approximate surface area is 153 Å². The average molecular weight is 357 g/mol. The molecule has 0 radical (unpaired) electrons. The van der Waals surface area contributed by atoms with Crippen molar-refractivity contribution in [3.05, 3.63) is 54.1 Å². The predicted octanol–water partition coefficient (Wildman–Crippen LogP) is 4.81. The van der Waals surface area contributed by atoms with Crippen LogP contribution in [-0.2, 0) is 4.84 Å². The second-order valence-corrected chi connectivity index (χ2v) is 5.50. The molecule has 6 heteroatoms. The van der Waals surface area contributed by atoms with E-state index < -0.39 is 6.16 Å². The first kappa shape index (κ1) is 19.3. The number of hydrogen-bond donors (Lipinski definition) is 0. The van der Waals surface area contributed by atoms with Crippen molar-refractivity contribution in [2.45, 2.75) is 26.7 Å². The number of benzene rings is 2. The smallest absolute Gasteiger partial charge is 0.493 e. The zero-order valence-electron chi connectivity index (χ0n) is 15.2. The third-order valence-corrected chi connectivity index (χ3v) is 3.54. The van der Waals surface area contributed by atoms with Crippen molar-refractivity contribution in [1.29, 1.82) is 0 Å². The van der Waals surface area contributed by atoms with Gasteiger partial charge in [-0.2, -0.15) is 0 Å². The van der Waals surface area contributed by atoms with E-state index in [9.17, 15) is 4.79 Å². The Morgan fingerprint density at radius 1 is 1.08 bits per heavy atom. The molecule has 0 atom stereocenters. The molecule has 2 aromatic rings. The molecule has 0 heterocycles. The number of unbranched alkanes of at least 4 members (excludes halogenated alkanes) is 1. The topological polar surface area (TPSA) is 66.4 Å². The predicted molar refractivity (Wildman–Crippen MR) is 99.2 cm³/mol. The second kappa shape index (κ2) is 10.1. The van der Waals surface area contributed by atoms with Crippen LogP contribution < -0.4 is 14.2 Å². The highest BCUT2D eigenvalue weighted by Gasteiger charge is 2.10. The van der Waals surface area contributed by atoms with Gasteiger partial charge in [0.05, 0.1) is 19.4 Å². The Bertz CT molecular complexity index is 743. The summed E-state index contributed by atoms with van der Waals surface area (Å²) in [7, 11) is 1.59. The van der Waals surface area contributed by atoms with E-state index >= 15 is 0 Å². The molecule has 2 aromatic carbocycles. The highest BCUT2D eigenvalue weighted by atomic mass is 16.8. The Morgan fingerprint density at radius 3 is 2.54 bits per heavy atom. The van der Waals surface area contributed by atoms with Crippen molar-refractivity contribution < 1.29 is 23.8 Å². The number of para-hydroxylation sites is 1. The van der Waals surface area contributed by atoms with Gasteiger partial charge in [0.25, 0.3) is 0 Å². The molecule has 0 fully saturated rings. The minimum absolute atomic E-state index is 0.390. The van der Waals surface area contributed by atoms with Crippen LogP contribution in [0.25, 0.3) is 0 Å². The van der Waals surface area contributed by atoms with E-state index in [1.165, 1.54) is 0 Å². The third-order valence-electron chi connectivity index (χ3n) is 3.54. The molecular formula is C20H23NO5. The van der Waals surface area contributed by atoms with E-state index in [0.29, 0.717) is 29.6 Å². The molecule has 0 spiro atoms. The summed E-state index contributed by atoms with van der Waals surface area (Å²) in [4.78, 5) is 16.5. The Morgan fingerprint density at radius 2 is 1.85 bits per heavy atom. The summed E-state index contributed by atoms with van der Waals surface area (Å²) in [5.74, 6) is 1.66. The van der Waals surface area contributed by atoms with Gasteiger partial charge in [-0.1, -0.05) is 36.7 Å². The van der Waals surface area contributed by atoms with Gasteiger partial charge in [0.2, 0.25) is 0 Å². The van der Waals surface area contributed by atoms with Gasteiger partial charge in [0.15, 0.2) is 11.5 Å². The molecule has 0 saturated heterocycles. The third kappa shape index (κ3) is 5.81. The van der Waals surface area contributed by atoms with E-state index in [-0.39, 0.29) is 0 Å². The monoisotopic (exact) mass is 357 g/mol. The molecule has 0 N–H and O–H groups in total. The molecule has 0 saturated carbocycles. The molecule has 0 aliphatic carbocycles. The molecule has 2 rings (SSSR count). The second-order valence-electron chi connectivity index (χ2n) is 5.50. The molecule has 6 nitrogen and oxygen atoms in total. The quantitative estimate of drug-likeness (QED) is 0.169. The normalized spacial score (nSPS) is 11.0. The molecular weight excluding hydrogens is 334 g/mol. The Kier molecular flexibility index (Phi) is 7.49. The van der Waals surface area contributed by atoms with Crippen LogP contribution in [0.3, 0.4) is 0 Å². The molecule has 0 bridgehead atoms. The van der Waals surface area contributed by atoms with E-state index in [1.54, 1.807) is 50.4 Å². The van der Waals surface area contributed by atoms with Gasteiger partial charge in [0, 0.05) is 5.56 Å². The lowest BCUT2D eigenvalue weighted by Gasteiger charge is -2.12. The Balaban J connectivity index is 2.02. The molecule has 0 aliphatic heterocycles. The highest BCUT2D eigenvalue weighted by molar-refractivity contribution is 5.99. The van der Waals surface area contributed by atoms with Crippen LogP contribution in [0.2, 0.25) is 0 Å². The molecule has 0 aliphatic rings. The van der Waals surface area contributed by atoms with Gasteiger partial charge in [-0.3, -0.25) is 4.84 Å². The molecule has 0 aromatic heterocycles. The van der Waals surface area contributed by atoms with Crippen LogP contribution in [0.1, 0.15) is 32.3 Å². The van der Waals surface area contributed by atoms with Crippen molar-refractivity contribution in [2.75, 3.05) is 13.7 Å². The van der Waals surface area contributed by atoms with Gasteiger partial charge in [0.1, 0.15) is 5.75 Å². The van der Waals surface area contributed by atoms with Crippen molar-refractivity contribution in [2.24, 2.45) is 5.16 Å². The zero-order chi connectivity index (χ0) is 18.8. The summed E-state index contributed by atoms with van der Waals surface area (Å²) in [5, 5.41) is 3.83. The van der Waals surface area contributed by atoms with Gasteiger partial charge in [-0.05, 0) is 43.7 Å². The first-order valence-electron chi connectivity index (χ1n) is 8.43. The van der Waals surface area contributed by atoms with Crippen LogP contribution in [0.15, 0.2) is 53.7 Å². The Hall–Kier alpha value is -3.02. The van der Waals surface area contributed by atoms with E-state index in [1.807, 2.05) is 12.1 Å². The van der Waals surface area contributed by atoms with E-state index in [4.69, 9.17) is 19.0 Å². The minimum atomic E-state index is -0.900. The minimum Gasteiger partial charge on any atom is -0.493 e. The summed E-state index contributed by atoms with van der Waals surface area (Å²) in [6.45, 7) is 4.43. The molecule has 0 unspecified atom stereocenters. The van der Waals surface area contributed by atoms with Gasteiger partial charge >= 0.3 is 6.16 Å². The number of ether oxygens (including phenoxy) is 3. The maximum Gasteiger partial charge on any atom is 0.540 e. The standard InChI is InChI=1S/C20H23NO5/c1-4-5-13-24-19-14-16(11-12-18(19)23-3)15(2)21-26-20(22)25-17-9-7-6-8-10-17/h6-12,14H,4-5,13H2,1-3H3/b21-15+. The van der Waals surface area contributed by atoms with Crippen LogP contribution >= 0.6 is 0 Å². The number of rotatable bonds is 8. The number of carbonyl (C=O) groups is 1. The van der Waals surface area contributed by atoms with Crippen molar-refractivity contribution >= 4 is 11.9 Å². The van der Waals surface area contributed by atoms with Crippen LogP contribution in [0.5, 0.6) is 17.2 Å². The molecule has 26 heavy (non-hydrogen) atoms. The van der Waals surface area contributed by atoms with Gasteiger partial charge in [-0.15, -0.1) is 0 Å². The van der Waals surface area contributed by atoms with Crippen LogP contribution in [0, 0.1) is 0 Å². The fourth-order valence-electron chi connectivity index (χ4n) is 2.10. The van der Waals surface area contributed by atoms with Crippen molar-refractivity contribution in [1.82, 2.24) is 0 Å². The lowest BCUT2D eigenvalue weighted by Crippen LogP contribution is -2.09. The lowest BCUT2D eigenvalue weighted by atomic mass is 10.1. The summed E-state index contributed by atoms with van der Waals surface area (Å²) < 4.78 is 16.1. The number of oxime groups is 1. The first-order valence-corrected chi connectivity index (χ1v) is 8.43. The number of nitrogens with zero attached hydrogens (tertiary/aromatic N) is 1. The van der Waals surface area contributed by atoms with Crippen molar-refractivity contribution in [3.63, 3.8) is 0 Å². The van der Waals surface area contributed by atoms with Crippen LogP contribution in [-0.4, -0.2) is 25.6 Å². The summed E-state index contributed by atoms with van der Waals surface area (Å²) in [5.41, 5.74) is 1.27. The molecule has 138 valence electrons. The van der Waals surface area contributed by atoms with Crippen molar-refractivity contribution in [3.8, 4) is 17.2 Å². The number of hydrogen-bond acceptors (Lipinski definition) is 6. The fraction of sp³-hybridized carbons (Fsp3) is 0.300. The summed E-state index contributed by atoms with van der Waals surface area (Å²) in [6.07, 6.45) is 1.10. The van der Waals surface area contributed by atoms with E-state index in [2.05, 4.69) is 12.1 Å². The average Bonchev–Trinajstić information content (AvgIpc) is 2.67. The maximum absolute atomic E-state index is 11.7. The number of methoxy groups -OCH3 is 1. The lowest BCUT2D eigenvalue weighted by molar-refractivity contribution is 0.102. The van der Waals surface area contributed by atoms with Gasteiger partial charge in [-0.25, -0.2) is 4.79 Å². The highest BCUT2D eigenvalue weighted by Crippen LogP contribution is 2.28. The zero-order valence-corrected chi connectivity index (χ0v) is 15.2. The van der Waals surface area contributed by atoms with E-state index in [0.717, 1.165) is 18.4 Å². The fourth-order valence-corrected chi connectivity index (χ4v) is 2.10. The summed E-state index contributed by atoms with van der Waals surface area (Å²) >= 11 is 0. The largest absolute Gasteiger partial charge is 0.540 e. The number of carbonyl (C=O) groups excluding carboxylic acids is 1. The maximum atomic E-state index is 11.7. The first-order chi connectivity index (χ1) is 12.6. The van der Waals surface area contributed by atoms with Gasteiger partial charge < -0.3 is 14.2 Å². The summed E-state index contributed by atoms with van der Waals surface area (Å²) in [6, 6.07) is 14.1. The molecule has 0 amide bonds. The van der Waals surface area contributed by atoms with Crippen LogP contribution in [0.4, 0.5) is 4.79 Å².